The molecule has 0 heterocycles. The van der Waals surface area contributed by atoms with Gasteiger partial charge in [-0.1, -0.05) is 50.3 Å². The summed E-state index contributed by atoms with van der Waals surface area (Å²) >= 11 is 0. The van der Waals surface area contributed by atoms with Gasteiger partial charge in [0, 0.05) is 19.3 Å². The summed E-state index contributed by atoms with van der Waals surface area (Å²) in [6.45, 7) is 11.7. The molecule has 0 unspecified atom stereocenters. The van der Waals surface area contributed by atoms with E-state index in [4.69, 9.17) is 0 Å². The normalized spacial score (nSPS) is 10.5. The van der Waals surface area contributed by atoms with Crippen LogP contribution in [0, 0.1) is 12.8 Å². The topological polar surface area (TPSA) is 3.24 Å². The predicted octanol–water partition coefficient (Wildman–Crippen LogP) is 3.55. The first kappa shape index (κ1) is 11.8. The Morgan fingerprint density at radius 1 is 1.27 bits per heavy atom. The molecule has 0 bridgehead atoms. The van der Waals surface area contributed by atoms with Crippen LogP contribution in [0.3, 0.4) is 0 Å². The van der Waals surface area contributed by atoms with Gasteiger partial charge < -0.3 is 4.90 Å². The lowest BCUT2D eigenvalue weighted by Gasteiger charge is -2.23. The molecule has 0 aliphatic rings. The highest BCUT2D eigenvalue weighted by Gasteiger charge is 2.06. The molecule has 0 aliphatic carbocycles. The third-order valence-corrected chi connectivity index (χ3v) is 2.48. The van der Waals surface area contributed by atoms with Gasteiger partial charge >= 0.3 is 0 Å². The molecule has 1 aromatic carbocycles. The van der Waals surface area contributed by atoms with Crippen LogP contribution in [-0.2, 0) is 0 Å². The fourth-order valence-corrected chi connectivity index (χ4v) is 1.62. The van der Waals surface area contributed by atoms with Crippen LogP contribution < -0.4 is 0 Å². The second-order valence-corrected chi connectivity index (χ2v) is 4.59. The highest BCUT2D eigenvalue weighted by atomic mass is 15.1. The molecule has 0 radical (unpaired) electrons. The van der Waals surface area contributed by atoms with E-state index in [2.05, 4.69) is 63.6 Å². The molecule has 0 saturated carbocycles. The summed E-state index contributed by atoms with van der Waals surface area (Å²) in [6.07, 6.45) is 0. The van der Waals surface area contributed by atoms with Gasteiger partial charge in [-0.3, -0.25) is 0 Å². The monoisotopic (exact) mass is 203 g/mol. The molecule has 0 saturated heterocycles. The van der Waals surface area contributed by atoms with Gasteiger partial charge in [0.2, 0.25) is 0 Å². The Hall–Kier alpha value is -1.24. The largest absolute Gasteiger partial charge is 0.374 e. The predicted molar refractivity (Wildman–Crippen MR) is 67.7 cm³/mol. The smallest absolute Gasteiger partial charge is 0.0364 e. The third kappa shape index (κ3) is 3.43. The second-order valence-electron chi connectivity index (χ2n) is 4.59. The minimum atomic E-state index is 0.664. The van der Waals surface area contributed by atoms with Crippen molar-refractivity contribution in [1.29, 1.82) is 0 Å². The van der Waals surface area contributed by atoms with Gasteiger partial charge in [-0.15, -0.1) is 0 Å². The Kier molecular flexibility index (Phi) is 3.96. The molecule has 1 nitrogen and oxygen atoms in total. The van der Waals surface area contributed by atoms with Crippen LogP contribution in [-0.4, -0.2) is 18.5 Å². The zero-order chi connectivity index (χ0) is 11.4. The molecule has 0 N–H and O–H groups in total. The molecule has 15 heavy (non-hydrogen) atoms. The molecule has 0 fully saturated rings. The van der Waals surface area contributed by atoms with Crippen LogP contribution in [0.15, 0.2) is 30.8 Å². The molecule has 82 valence electrons. The Bertz CT molecular complexity index is 322. The number of hydrogen-bond acceptors (Lipinski definition) is 1. The van der Waals surface area contributed by atoms with Crippen molar-refractivity contribution in [2.45, 2.75) is 20.8 Å². The van der Waals surface area contributed by atoms with Gasteiger partial charge in [-0.05, 0) is 18.4 Å². The minimum Gasteiger partial charge on any atom is -0.374 e. The van der Waals surface area contributed by atoms with Gasteiger partial charge in [0.25, 0.3) is 0 Å². The van der Waals surface area contributed by atoms with Gasteiger partial charge in [0.1, 0.15) is 0 Å². The van der Waals surface area contributed by atoms with E-state index in [1.807, 2.05) is 0 Å². The zero-order valence-corrected chi connectivity index (χ0v) is 10.2. The maximum Gasteiger partial charge on any atom is 0.0364 e. The first-order valence-electron chi connectivity index (χ1n) is 5.47. The van der Waals surface area contributed by atoms with Crippen molar-refractivity contribution in [3.8, 4) is 0 Å². The maximum absolute atomic E-state index is 4.13. The van der Waals surface area contributed by atoms with Crippen LogP contribution >= 0.6 is 0 Å². The molecule has 0 amide bonds. The molecule has 0 atom stereocenters. The molecule has 0 aliphatic heterocycles. The Balaban J connectivity index is 2.72. The summed E-state index contributed by atoms with van der Waals surface area (Å²) in [5, 5.41) is 0. The van der Waals surface area contributed by atoms with Crippen molar-refractivity contribution >= 4 is 5.70 Å². The lowest BCUT2D eigenvalue weighted by atomic mass is 10.1. The van der Waals surface area contributed by atoms with Crippen LogP contribution in [0.4, 0.5) is 0 Å². The van der Waals surface area contributed by atoms with E-state index in [0.29, 0.717) is 5.92 Å². The molecule has 0 aromatic heterocycles. The van der Waals surface area contributed by atoms with Crippen LogP contribution in [0.1, 0.15) is 25.0 Å². The van der Waals surface area contributed by atoms with Crippen molar-refractivity contribution in [2.75, 3.05) is 13.6 Å². The lowest BCUT2D eigenvalue weighted by molar-refractivity contribution is 0.408. The summed E-state index contributed by atoms with van der Waals surface area (Å²) in [5.74, 6) is 0.664. The van der Waals surface area contributed by atoms with Crippen molar-refractivity contribution in [3.63, 3.8) is 0 Å². The number of hydrogen-bond donors (Lipinski definition) is 0. The Morgan fingerprint density at radius 2 is 1.80 bits per heavy atom. The first-order valence-corrected chi connectivity index (χ1v) is 5.47. The lowest BCUT2D eigenvalue weighted by Crippen LogP contribution is -2.21. The highest BCUT2D eigenvalue weighted by molar-refractivity contribution is 5.61. The molecular formula is C14H21N. The first-order chi connectivity index (χ1) is 7.00. The van der Waals surface area contributed by atoms with E-state index in [9.17, 15) is 0 Å². The number of rotatable bonds is 4. The van der Waals surface area contributed by atoms with E-state index >= 15 is 0 Å². The molecular weight excluding hydrogens is 182 g/mol. The quantitative estimate of drug-likeness (QED) is 0.723. The standard InChI is InChI=1S/C14H21N/c1-11(2)10-15(5)13(4)14-8-6-12(3)7-9-14/h6-9,11H,4,10H2,1-3,5H3. The van der Waals surface area contributed by atoms with E-state index in [1.165, 1.54) is 11.1 Å². The average molecular weight is 203 g/mol. The fourth-order valence-electron chi connectivity index (χ4n) is 1.62. The molecule has 1 aromatic rings. The fraction of sp³-hybridized carbons (Fsp3) is 0.429. The van der Waals surface area contributed by atoms with Gasteiger partial charge in [-0.25, -0.2) is 0 Å². The van der Waals surface area contributed by atoms with Crippen LogP contribution in [0.2, 0.25) is 0 Å². The van der Waals surface area contributed by atoms with Gasteiger partial charge in [-0.2, -0.15) is 0 Å². The summed E-state index contributed by atoms with van der Waals surface area (Å²) in [4.78, 5) is 2.22. The van der Waals surface area contributed by atoms with Crippen molar-refractivity contribution in [3.05, 3.63) is 42.0 Å². The molecule has 1 heteroatoms. The van der Waals surface area contributed by atoms with E-state index in [0.717, 1.165) is 12.2 Å². The van der Waals surface area contributed by atoms with E-state index in [-0.39, 0.29) is 0 Å². The summed E-state index contributed by atoms with van der Waals surface area (Å²) in [5.41, 5.74) is 3.60. The van der Waals surface area contributed by atoms with Gasteiger partial charge in [0.15, 0.2) is 0 Å². The zero-order valence-electron chi connectivity index (χ0n) is 10.2. The minimum absolute atomic E-state index is 0.664. The Labute approximate surface area is 93.4 Å². The second kappa shape index (κ2) is 5.01. The number of nitrogens with zero attached hydrogens (tertiary/aromatic N) is 1. The van der Waals surface area contributed by atoms with Crippen LogP contribution in [0.5, 0.6) is 0 Å². The molecule has 1 rings (SSSR count). The highest BCUT2D eigenvalue weighted by Crippen LogP contribution is 2.17. The third-order valence-electron chi connectivity index (χ3n) is 2.48. The van der Waals surface area contributed by atoms with Gasteiger partial charge in [0.05, 0.1) is 0 Å². The average Bonchev–Trinajstić information content (AvgIpc) is 2.17. The van der Waals surface area contributed by atoms with Crippen molar-refractivity contribution in [1.82, 2.24) is 4.90 Å². The SMILES string of the molecule is C=C(c1ccc(C)cc1)N(C)CC(C)C. The number of aryl methyl sites for hydroxylation is 1. The summed E-state index contributed by atoms with van der Waals surface area (Å²) in [7, 11) is 2.10. The maximum atomic E-state index is 4.13. The van der Waals surface area contributed by atoms with Crippen LogP contribution in [0.25, 0.3) is 5.70 Å². The van der Waals surface area contributed by atoms with Crippen molar-refractivity contribution < 1.29 is 0 Å². The summed E-state index contributed by atoms with van der Waals surface area (Å²) in [6, 6.07) is 8.52. The molecule has 0 spiro atoms. The van der Waals surface area contributed by atoms with E-state index < -0.39 is 0 Å². The van der Waals surface area contributed by atoms with Crippen molar-refractivity contribution in [2.24, 2.45) is 5.92 Å². The number of benzene rings is 1. The Morgan fingerprint density at radius 3 is 2.27 bits per heavy atom. The van der Waals surface area contributed by atoms with E-state index in [1.54, 1.807) is 0 Å². The summed E-state index contributed by atoms with van der Waals surface area (Å²) < 4.78 is 0.